The van der Waals surface area contributed by atoms with E-state index in [1.807, 2.05) is 0 Å². The van der Waals surface area contributed by atoms with Gasteiger partial charge in [0, 0.05) is 12.6 Å². The van der Waals surface area contributed by atoms with Crippen LogP contribution in [0.4, 0.5) is 11.5 Å². The molecule has 1 saturated heterocycles. The van der Waals surface area contributed by atoms with Crippen molar-refractivity contribution in [1.82, 2.24) is 9.88 Å². The molecule has 1 fully saturated rings. The van der Waals surface area contributed by atoms with Crippen LogP contribution in [-0.2, 0) is 0 Å². The van der Waals surface area contributed by atoms with Gasteiger partial charge in [-0.1, -0.05) is 6.92 Å². The van der Waals surface area contributed by atoms with Crippen molar-refractivity contribution in [1.29, 1.82) is 5.26 Å². The van der Waals surface area contributed by atoms with Crippen molar-refractivity contribution in [3.05, 3.63) is 17.8 Å². The summed E-state index contributed by atoms with van der Waals surface area (Å²) in [5, 5.41) is 12.3. The standard InChI is InChI=1S/C13H19N5/c1-2-18-5-3-4-12(18)9-17-13-10(7-14)6-11(15)8-16-13/h6,8,12H,2-5,9,15H2,1H3,(H,16,17). The molecule has 1 unspecified atom stereocenters. The molecule has 3 N–H and O–H groups in total. The summed E-state index contributed by atoms with van der Waals surface area (Å²) in [5.41, 5.74) is 6.65. The van der Waals surface area contributed by atoms with Crippen LogP contribution in [0.15, 0.2) is 12.3 Å². The van der Waals surface area contributed by atoms with Crippen LogP contribution in [0.3, 0.4) is 0 Å². The number of hydrogen-bond donors (Lipinski definition) is 2. The van der Waals surface area contributed by atoms with Gasteiger partial charge in [0.2, 0.25) is 0 Å². The van der Waals surface area contributed by atoms with Crippen molar-refractivity contribution in [2.24, 2.45) is 0 Å². The minimum absolute atomic E-state index is 0.510. The van der Waals surface area contributed by atoms with Crippen LogP contribution in [0.2, 0.25) is 0 Å². The highest BCUT2D eigenvalue weighted by Gasteiger charge is 2.22. The Hall–Kier alpha value is -1.80. The summed E-state index contributed by atoms with van der Waals surface area (Å²) in [5.74, 6) is 0.634. The van der Waals surface area contributed by atoms with Crippen molar-refractivity contribution >= 4 is 11.5 Å². The van der Waals surface area contributed by atoms with E-state index in [4.69, 9.17) is 11.0 Å². The van der Waals surface area contributed by atoms with Gasteiger partial charge in [-0.15, -0.1) is 0 Å². The SMILES string of the molecule is CCN1CCCC1CNc1ncc(N)cc1C#N. The molecule has 0 saturated carbocycles. The van der Waals surface area contributed by atoms with Crippen LogP contribution in [-0.4, -0.2) is 35.6 Å². The number of nitrogens with zero attached hydrogens (tertiary/aromatic N) is 3. The van der Waals surface area contributed by atoms with Crippen LogP contribution in [0.25, 0.3) is 0 Å². The molecule has 0 aromatic carbocycles. The first-order valence-electron chi connectivity index (χ1n) is 6.38. The maximum atomic E-state index is 9.04. The lowest BCUT2D eigenvalue weighted by Crippen LogP contribution is -2.34. The fourth-order valence-corrected chi connectivity index (χ4v) is 2.46. The van der Waals surface area contributed by atoms with Crippen LogP contribution in [0, 0.1) is 11.3 Å². The Morgan fingerprint density at radius 3 is 3.22 bits per heavy atom. The van der Waals surface area contributed by atoms with Gasteiger partial charge in [-0.2, -0.15) is 5.26 Å². The van der Waals surface area contributed by atoms with Gasteiger partial charge in [0.1, 0.15) is 11.9 Å². The number of hydrogen-bond acceptors (Lipinski definition) is 5. The smallest absolute Gasteiger partial charge is 0.144 e. The van der Waals surface area contributed by atoms with Crippen molar-refractivity contribution in [2.75, 3.05) is 30.7 Å². The zero-order valence-electron chi connectivity index (χ0n) is 10.7. The van der Waals surface area contributed by atoms with Gasteiger partial charge < -0.3 is 11.1 Å². The summed E-state index contributed by atoms with van der Waals surface area (Å²) in [6, 6.07) is 4.32. The summed E-state index contributed by atoms with van der Waals surface area (Å²) in [6.45, 7) is 5.26. The van der Waals surface area contributed by atoms with Crippen LogP contribution in [0.5, 0.6) is 0 Å². The second-order valence-corrected chi connectivity index (χ2v) is 4.58. The number of aromatic nitrogens is 1. The van der Waals surface area contributed by atoms with Crippen molar-refractivity contribution in [3.8, 4) is 6.07 Å². The van der Waals surface area contributed by atoms with E-state index in [-0.39, 0.29) is 0 Å². The molecule has 1 atom stereocenters. The molecule has 0 aliphatic carbocycles. The van der Waals surface area contributed by atoms with Crippen molar-refractivity contribution < 1.29 is 0 Å². The van der Waals surface area contributed by atoms with Crippen LogP contribution >= 0.6 is 0 Å². The number of anilines is 2. The first kappa shape index (κ1) is 12.7. The molecule has 1 aromatic heterocycles. The molecule has 5 nitrogen and oxygen atoms in total. The van der Waals surface area contributed by atoms with Crippen molar-refractivity contribution in [3.63, 3.8) is 0 Å². The third-order valence-corrected chi connectivity index (χ3v) is 3.44. The van der Waals surface area contributed by atoms with E-state index in [2.05, 4.69) is 28.2 Å². The molecule has 1 aliphatic heterocycles. The van der Waals surface area contributed by atoms with E-state index in [0.29, 0.717) is 23.1 Å². The average molecular weight is 245 g/mol. The average Bonchev–Trinajstić information content (AvgIpc) is 2.84. The zero-order chi connectivity index (χ0) is 13.0. The molecular weight excluding hydrogens is 226 g/mol. The summed E-state index contributed by atoms with van der Waals surface area (Å²) >= 11 is 0. The summed E-state index contributed by atoms with van der Waals surface area (Å²) in [6.07, 6.45) is 4.04. The van der Waals surface area contributed by atoms with Gasteiger partial charge in [-0.05, 0) is 32.0 Å². The van der Waals surface area contributed by atoms with E-state index in [1.54, 1.807) is 12.3 Å². The van der Waals surface area contributed by atoms with Gasteiger partial charge in [-0.3, -0.25) is 4.90 Å². The van der Waals surface area contributed by atoms with E-state index in [1.165, 1.54) is 19.4 Å². The lowest BCUT2D eigenvalue weighted by Gasteiger charge is -2.23. The third kappa shape index (κ3) is 2.71. The van der Waals surface area contributed by atoms with E-state index in [9.17, 15) is 0 Å². The zero-order valence-corrected chi connectivity index (χ0v) is 10.7. The Balaban J connectivity index is 2.00. The Morgan fingerprint density at radius 1 is 1.67 bits per heavy atom. The number of nitrogens with one attached hydrogen (secondary N) is 1. The van der Waals surface area contributed by atoms with Crippen LogP contribution in [0.1, 0.15) is 25.3 Å². The number of pyridine rings is 1. The molecule has 96 valence electrons. The molecule has 2 heterocycles. The molecule has 18 heavy (non-hydrogen) atoms. The Bertz CT molecular complexity index is 451. The predicted octanol–water partition coefficient (Wildman–Crippen LogP) is 1.43. The number of nitriles is 1. The summed E-state index contributed by atoms with van der Waals surface area (Å²) in [4.78, 5) is 6.64. The van der Waals surface area contributed by atoms with Gasteiger partial charge in [0.05, 0.1) is 17.4 Å². The summed E-state index contributed by atoms with van der Waals surface area (Å²) < 4.78 is 0. The maximum Gasteiger partial charge on any atom is 0.144 e. The topological polar surface area (TPSA) is 78.0 Å². The number of nitrogens with two attached hydrogens (primary N) is 1. The molecule has 1 aromatic rings. The molecule has 2 rings (SSSR count). The Morgan fingerprint density at radius 2 is 2.50 bits per heavy atom. The monoisotopic (exact) mass is 245 g/mol. The first-order chi connectivity index (χ1) is 8.74. The Labute approximate surface area is 108 Å². The van der Waals surface area contributed by atoms with Gasteiger partial charge in [0.25, 0.3) is 0 Å². The first-order valence-corrected chi connectivity index (χ1v) is 6.38. The number of rotatable bonds is 4. The predicted molar refractivity (Wildman–Crippen MR) is 72.1 cm³/mol. The molecule has 0 radical (unpaired) electrons. The Kier molecular flexibility index (Phi) is 4.00. The minimum atomic E-state index is 0.510. The van der Waals surface area contributed by atoms with Gasteiger partial charge in [-0.25, -0.2) is 4.98 Å². The van der Waals surface area contributed by atoms with Gasteiger partial charge >= 0.3 is 0 Å². The van der Waals surface area contributed by atoms with Crippen molar-refractivity contribution in [2.45, 2.75) is 25.8 Å². The van der Waals surface area contributed by atoms with Gasteiger partial charge in [0.15, 0.2) is 0 Å². The number of nitrogen functional groups attached to an aromatic ring is 1. The third-order valence-electron chi connectivity index (χ3n) is 3.44. The fourth-order valence-electron chi connectivity index (χ4n) is 2.46. The number of likely N-dealkylation sites (N-methyl/N-ethyl adjacent to an activating group) is 1. The quantitative estimate of drug-likeness (QED) is 0.839. The largest absolute Gasteiger partial charge is 0.397 e. The molecule has 1 aliphatic rings. The summed E-state index contributed by atoms with van der Waals surface area (Å²) in [7, 11) is 0. The second-order valence-electron chi connectivity index (χ2n) is 4.58. The van der Waals surface area contributed by atoms with E-state index < -0.39 is 0 Å². The lowest BCUT2D eigenvalue weighted by atomic mass is 10.2. The highest BCUT2D eigenvalue weighted by Crippen LogP contribution is 2.19. The molecule has 0 amide bonds. The number of likely N-dealkylation sites (tertiary alicyclic amines) is 1. The molecule has 0 bridgehead atoms. The molecular formula is C13H19N5. The molecule has 0 spiro atoms. The van der Waals surface area contributed by atoms with E-state index in [0.717, 1.165) is 13.1 Å². The maximum absolute atomic E-state index is 9.04. The minimum Gasteiger partial charge on any atom is -0.397 e. The second kappa shape index (κ2) is 5.69. The lowest BCUT2D eigenvalue weighted by molar-refractivity contribution is 0.277. The van der Waals surface area contributed by atoms with E-state index >= 15 is 0 Å². The normalized spacial score (nSPS) is 19.7. The fraction of sp³-hybridized carbons (Fsp3) is 0.538. The van der Waals surface area contributed by atoms with Crippen LogP contribution < -0.4 is 11.1 Å². The highest BCUT2D eigenvalue weighted by molar-refractivity contribution is 5.57. The highest BCUT2D eigenvalue weighted by atomic mass is 15.2. The molecule has 5 heteroatoms.